The molecule has 0 saturated heterocycles. The highest BCUT2D eigenvalue weighted by atomic mass is 79.9. The minimum absolute atomic E-state index is 0.146. The van der Waals surface area contributed by atoms with Crippen molar-refractivity contribution < 1.29 is 9.90 Å². The van der Waals surface area contributed by atoms with Crippen molar-refractivity contribution in [3.8, 4) is 0 Å². The fourth-order valence-electron chi connectivity index (χ4n) is 1.82. The molecule has 0 atom stereocenters. The minimum atomic E-state index is -0.761. The van der Waals surface area contributed by atoms with Gasteiger partial charge in [0.15, 0.2) is 0 Å². The Balaban J connectivity index is 3.18. The summed E-state index contributed by atoms with van der Waals surface area (Å²) in [6.45, 7) is 7.97. The fourth-order valence-corrected chi connectivity index (χ4v) is 2.05. The summed E-state index contributed by atoms with van der Waals surface area (Å²) in [7, 11) is 0. The van der Waals surface area contributed by atoms with Crippen molar-refractivity contribution in [3.63, 3.8) is 0 Å². The Bertz CT molecular complexity index is 399. The van der Waals surface area contributed by atoms with E-state index in [9.17, 15) is 4.79 Å². The second kappa shape index (κ2) is 4.58. The molecular weight excluding hydrogens is 268 g/mol. The Morgan fingerprint density at radius 2 is 1.75 bits per heavy atom. The molecule has 3 heteroatoms. The van der Waals surface area contributed by atoms with E-state index >= 15 is 0 Å². The number of benzene rings is 1. The van der Waals surface area contributed by atoms with E-state index in [1.54, 1.807) is 0 Å². The average Bonchev–Trinajstić information content (AvgIpc) is 2.11. The van der Waals surface area contributed by atoms with Crippen LogP contribution in [0, 0.1) is 13.8 Å². The van der Waals surface area contributed by atoms with Crippen LogP contribution in [0.4, 0.5) is 0 Å². The van der Waals surface area contributed by atoms with Crippen LogP contribution in [0.25, 0.3) is 0 Å². The van der Waals surface area contributed by atoms with Crippen molar-refractivity contribution in [2.75, 3.05) is 0 Å². The molecule has 0 aromatic heterocycles. The third kappa shape index (κ3) is 2.85. The molecule has 1 aromatic carbocycles. The molecule has 0 radical (unpaired) electrons. The van der Waals surface area contributed by atoms with Crippen LogP contribution in [0.5, 0.6) is 0 Å². The SMILES string of the molecule is Cc1cc(C(C)(C)CC(=O)O)cc(C)c1Br. The third-order valence-corrected chi connectivity index (χ3v) is 4.06. The van der Waals surface area contributed by atoms with Crippen LogP contribution in [0.1, 0.15) is 37.0 Å². The van der Waals surface area contributed by atoms with Gasteiger partial charge in [0.1, 0.15) is 0 Å². The summed E-state index contributed by atoms with van der Waals surface area (Å²) in [6.07, 6.45) is 0.146. The van der Waals surface area contributed by atoms with Gasteiger partial charge in [0.05, 0.1) is 6.42 Å². The number of hydrogen-bond donors (Lipinski definition) is 1. The molecule has 0 aliphatic rings. The van der Waals surface area contributed by atoms with Gasteiger partial charge in [-0.25, -0.2) is 0 Å². The van der Waals surface area contributed by atoms with Crippen LogP contribution in [-0.4, -0.2) is 11.1 Å². The maximum atomic E-state index is 10.8. The van der Waals surface area contributed by atoms with Crippen LogP contribution < -0.4 is 0 Å². The molecule has 0 unspecified atom stereocenters. The summed E-state index contributed by atoms with van der Waals surface area (Å²) in [6, 6.07) is 4.11. The van der Waals surface area contributed by atoms with E-state index in [0.717, 1.165) is 21.2 Å². The predicted octanol–water partition coefficient (Wildman–Crippen LogP) is 3.82. The van der Waals surface area contributed by atoms with Gasteiger partial charge in [-0.1, -0.05) is 41.9 Å². The molecule has 0 saturated carbocycles. The van der Waals surface area contributed by atoms with E-state index in [1.165, 1.54) is 0 Å². The van der Waals surface area contributed by atoms with E-state index in [4.69, 9.17) is 5.11 Å². The van der Waals surface area contributed by atoms with Crippen LogP contribution in [0.15, 0.2) is 16.6 Å². The zero-order valence-electron chi connectivity index (χ0n) is 10.1. The highest BCUT2D eigenvalue weighted by Crippen LogP contribution is 2.32. The molecule has 0 spiro atoms. The molecule has 1 aromatic rings. The molecule has 2 nitrogen and oxygen atoms in total. The lowest BCUT2D eigenvalue weighted by Crippen LogP contribution is -2.22. The summed E-state index contributed by atoms with van der Waals surface area (Å²) >= 11 is 3.51. The molecule has 1 N–H and O–H groups in total. The second-order valence-corrected chi connectivity index (χ2v) is 5.67. The molecule has 0 heterocycles. The monoisotopic (exact) mass is 284 g/mol. The number of carboxylic acids is 1. The van der Waals surface area contributed by atoms with Gasteiger partial charge < -0.3 is 5.11 Å². The van der Waals surface area contributed by atoms with Crippen LogP contribution >= 0.6 is 15.9 Å². The first kappa shape index (κ1) is 13.2. The van der Waals surface area contributed by atoms with E-state index in [2.05, 4.69) is 28.1 Å². The summed E-state index contributed by atoms with van der Waals surface area (Å²) < 4.78 is 1.10. The number of carboxylic acid groups (broad SMARTS) is 1. The first-order valence-electron chi connectivity index (χ1n) is 5.23. The maximum absolute atomic E-state index is 10.8. The van der Waals surface area contributed by atoms with E-state index in [-0.39, 0.29) is 11.8 Å². The van der Waals surface area contributed by atoms with Gasteiger partial charge in [-0.2, -0.15) is 0 Å². The van der Waals surface area contributed by atoms with E-state index < -0.39 is 5.97 Å². The molecule has 16 heavy (non-hydrogen) atoms. The first-order valence-corrected chi connectivity index (χ1v) is 6.02. The Hall–Kier alpha value is -0.830. The standard InChI is InChI=1S/C13H17BrO2/c1-8-5-10(6-9(2)12(8)14)13(3,4)7-11(15)16/h5-6H,7H2,1-4H3,(H,15,16). The molecule has 0 fully saturated rings. The molecule has 0 aliphatic heterocycles. The first-order chi connectivity index (χ1) is 7.24. The van der Waals surface area contributed by atoms with Gasteiger partial charge >= 0.3 is 5.97 Å². The number of rotatable bonds is 3. The van der Waals surface area contributed by atoms with Crippen molar-refractivity contribution in [2.45, 2.75) is 39.5 Å². The summed E-state index contributed by atoms with van der Waals surface area (Å²) in [5.74, 6) is -0.761. The quantitative estimate of drug-likeness (QED) is 0.916. The second-order valence-electron chi connectivity index (χ2n) is 4.88. The molecule has 88 valence electrons. The highest BCUT2D eigenvalue weighted by molar-refractivity contribution is 9.10. The van der Waals surface area contributed by atoms with E-state index in [0.29, 0.717) is 0 Å². The fraction of sp³-hybridized carbons (Fsp3) is 0.462. The summed E-state index contributed by atoms with van der Waals surface area (Å²) in [5, 5.41) is 8.89. The van der Waals surface area contributed by atoms with Crippen molar-refractivity contribution in [1.82, 2.24) is 0 Å². The molecule has 1 rings (SSSR count). The van der Waals surface area contributed by atoms with Crippen molar-refractivity contribution >= 4 is 21.9 Å². The van der Waals surface area contributed by atoms with Crippen LogP contribution in [-0.2, 0) is 10.2 Å². The van der Waals surface area contributed by atoms with Gasteiger partial charge in [0.25, 0.3) is 0 Å². The molecule has 0 bridgehead atoms. The Morgan fingerprint density at radius 1 is 1.31 bits per heavy atom. The molecular formula is C13H17BrO2. The largest absolute Gasteiger partial charge is 0.481 e. The van der Waals surface area contributed by atoms with E-state index in [1.807, 2.05) is 27.7 Å². The van der Waals surface area contributed by atoms with Crippen LogP contribution in [0.2, 0.25) is 0 Å². The summed E-state index contributed by atoms with van der Waals surface area (Å²) in [4.78, 5) is 10.8. The lowest BCUT2D eigenvalue weighted by molar-refractivity contribution is -0.138. The molecule has 0 amide bonds. The number of aliphatic carboxylic acids is 1. The van der Waals surface area contributed by atoms with Gasteiger partial charge in [0.2, 0.25) is 0 Å². The maximum Gasteiger partial charge on any atom is 0.304 e. The third-order valence-electron chi connectivity index (χ3n) is 2.81. The average molecular weight is 285 g/mol. The highest BCUT2D eigenvalue weighted by Gasteiger charge is 2.24. The Labute approximate surface area is 105 Å². The van der Waals surface area contributed by atoms with Gasteiger partial charge in [-0.05, 0) is 30.5 Å². The normalized spacial score (nSPS) is 11.6. The number of carbonyl (C=O) groups is 1. The predicted molar refractivity (Wildman–Crippen MR) is 68.9 cm³/mol. The minimum Gasteiger partial charge on any atom is -0.481 e. The number of halogens is 1. The number of aryl methyl sites for hydroxylation is 2. The topological polar surface area (TPSA) is 37.3 Å². The smallest absolute Gasteiger partial charge is 0.304 e. The van der Waals surface area contributed by atoms with Crippen molar-refractivity contribution in [2.24, 2.45) is 0 Å². The zero-order valence-corrected chi connectivity index (χ0v) is 11.7. The zero-order chi connectivity index (χ0) is 12.5. The van der Waals surface area contributed by atoms with Crippen molar-refractivity contribution in [3.05, 3.63) is 33.3 Å². The Morgan fingerprint density at radius 3 is 2.12 bits per heavy atom. The lowest BCUT2D eigenvalue weighted by Gasteiger charge is -2.24. The van der Waals surface area contributed by atoms with Gasteiger partial charge in [-0.15, -0.1) is 0 Å². The summed E-state index contributed by atoms with van der Waals surface area (Å²) in [5.41, 5.74) is 3.04. The Kier molecular flexibility index (Phi) is 3.79. The van der Waals surface area contributed by atoms with Crippen LogP contribution in [0.3, 0.4) is 0 Å². The number of hydrogen-bond acceptors (Lipinski definition) is 1. The molecule has 0 aliphatic carbocycles. The van der Waals surface area contributed by atoms with Gasteiger partial charge in [0, 0.05) is 9.89 Å². The lowest BCUT2D eigenvalue weighted by atomic mass is 9.80. The van der Waals surface area contributed by atoms with Gasteiger partial charge in [-0.3, -0.25) is 4.79 Å². The van der Waals surface area contributed by atoms with Crippen molar-refractivity contribution in [1.29, 1.82) is 0 Å².